The molecule has 128 valence electrons. The van der Waals surface area contributed by atoms with Crippen LogP contribution < -0.4 is 0 Å². The summed E-state index contributed by atoms with van der Waals surface area (Å²) in [5, 5.41) is 0.499. The Bertz CT molecular complexity index is 696. The number of piperidine rings is 1. The highest BCUT2D eigenvalue weighted by atomic mass is 35.5. The lowest BCUT2D eigenvalue weighted by Crippen LogP contribution is -2.36. The zero-order valence-electron chi connectivity index (χ0n) is 14.7. The molecular formula is C19H25ClN4. The second kappa shape index (κ2) is 7.58. The second-order valence-corrected chi connectivity index (χ2v) is 7.30. The summed E-state index contributed by atoms with van der Waals surface area (Å²) in [4.78, 5) is 15.7. The van der Waals surface area contributed by atoms with Crippen LogP contribution in [-0.4, -0.2) is 32.9 Å². The Morgan fingerprint density at radius 2 is 1.92 bits per heavy atom. The largest absolute Gasteiger partial charge is 0.297 e. The normalized spacial score (nSPS) is 18.8. The molecule has 0 spiro atoms. The Morgan fingerprint density at radius 3 is 2.62 bits per heavy atom. The van der Waals surface area contributed by atoms with Gasteiger partial charge in [0.1, 0.15) is 5.15 Å². The number of pyridine rings is 1. The van der Waals surface area contributed by atoms with E-state index in [0.29, 0.717) is 11.1 Å². The van der Waals surface area contributed by atoms with E-state index >= 15 is 0 Å². The lowest BCUT2D eigenvalue weighted by molar-refractivity contribution is 0.165. The van der Waals surface area contributed by atoms with Crippen LogP contribution in [0.2, 0.25) is 5.15 Å². The minimum Gasteiger partial charge on any atom is -0.297 e. The van der Waals surface area contributed by atoms with Crippen LogP contribution in [0.4, 0.5) is 0 Å². The Morgan fingerprint density at radius 1 is 1.17 bits per heavy atom. The number of hydrogen-bond donors (Lipinski definition) is 0. The summed E-state index contributed by atoms with van der Waals surface area (Å²) in [6.07, 6.45) is 5.47. The number of hydrogen-bond acceptors (Lipinski definition) is 4. The van der Waals surface area contributed by atoms with Gasteiger partial charge < -0.3 is 0 Å². The van der Waals surface area contributed by atoms with Gasteiger partial charge >= 0.3 is 0 Å². The van der Waals surface area contributed by atoms with Crippen LogP contribution in [0.3, 0.4) is 0 Å². The Balaban J connectivity index is 1.62. The molecule has 0 N–H and O–H groups in total. The summed E-state index contributed by atoms with van der Waals surface area (Å²) in [5.41, 5.74) is 5.46. The van der Waals surface area contributed by atoms with E-state index in [-0.39, 0.29) is 0 Å². The first-order valence-corrected chi connectivity index (χ1v) is 9.02. The van der Waals surface area contributed by atoms with E-state index < -0.39 is 0 Å². The summed E-state index contributed by atoms with van der Waals surface area (Å²) in [6, 6.07) is 4.44. The molecule has 24 heavy (non-hydrogen) atoms. The molecule has 5 heteroatoms. The number of aromatic nitrogens is 3. The second-order valence-electron chi connectivity index (χ2n) is 6.94. The van der Waals surface area contributed by atoms with Crippen molar-refractivity contribution < 1.29 is 0 Å². The molecule has 3 rings (SSSR count). The maximum atomic E-state index is 5.97. The maximum Gasteiger partial charge on any atom is 0.150 e. The van der Waals surface area contributed by atoms with Gasteiger partial charge in [0.05, 0.1) is 17.6 Å². The molecule has 1 aliphatic rings. The minimum absolute atomic E-state index is 0.499. The standard InChI is InChI=1S/C19H25ClN4/c1-13-7-17(8-14(2)22-13)9-16-5-4-6-24(11-16)12-18-10-21-19(20)15(3)23-18/h7-8,10,16H,4-6,9,11-12H2,1-3H3/t16-/m1/s1. The summed E-state index contributed by atoms with van der Waals surface area (Å²) >= 11 is 5.97. The maximum absolute atomic E-state index is 5.97. The highest BCUT2D eigenvalue weighted by molar-refractivity contribution is 6.29. The molecule has 0 amide bonds. The summed E-state index contributed by atoms with van der Waals surface area (Å²) in [7, 11) is 0. The molecule has 3 heterocycles. The first-order chi connectivity index (χ1) is 11.5. The highest BCUT2D eigenvalue weighted by Crippen LogP contribution is 2.23. The number of rotatable bonds is 4. The predicted molar refractivity (Wildman–Crippen MR) is 97.2 cm³/mol. The van der Waals surface area contributed by atoms with E-state index in [1.54, 1.807) is 6.20 Å². The van der Waals surface area contributed by atoms with Gasteiger partial charge in [0, 0.05) is 24.5 Å². The van der Waals surface area contributed by atoms with Crippen molar-refractivity contribution in [3.05, 3.63) is 51.8 Å². The van der Waals surface area contributed by atoms with Gasteiger partial charge in [-0.1, -0.05) is 11.6 Å². The van der Waals surface area contributed by atoms with Crippen molar-refractivity contribution in [1.29, 1.82) is 0 Å². The van der Waals surface area contributed by atoms with Crippen molar-refractivity contribution >= 4 is 11.6 Å². The van der Waals surface area contributed by atoms with Crippen LogP contribution in [0.5, 0.6) is 0 Å². The van der Waals surface area contributed by atoms with E-state index in [0.717, 1.165) is 48.8 Å². The summed E-state index contributed by atoms with van der Waals surface area (Å²) in [6.45, 7) is 9.16. The molecule has 0 unspecified atom stereocenters. The fraction of sp³-hybridized carbons (Fsp3) is 0.526. The van der Waals surface area contributed by atoms with Gasteiger partial charge in [-0.2, -0.15) is 0 Å². The van der Waals surface area contributed by atoms with Crippen molar-refractivity contribution in [2.75, 3.05) is 13.1 Å². The third-order valence-electron chi connectivity index (χ3n) is 4.59. The first-order valence-electron chi connectivity index (χ1n) is 8.64. The molecule has 0 saturated carbocycles. The van der Waals surface area contributed by atoms with Crippen LogP contribution >= 0.6 is 11.6 Å². The molecule has 1 aliphatic heterocycles. The lowest BCUT2D eigenvalue weighted by Gasteiger charge is -2.32. The van der Waals surface area contributed by atoms with Gasteiger partial charge in [0.25, 0.3) is 0 Å². The molecule has 2 aromatic rings. The third-order valence-corrected chi connectivity index (χ3v) is 4.96. The number of likely N-dealkylation sites (tertiary alicyclic amines) is 1. The Kier molecular flexibility index (Phi) is 5.47. The van der Waals surface area contributed by atoms with Crippen LogP contribution in [0, 0.1) is 26.7 Å². The SMILES string of the molecule is Cc1cc(C[C@H]2CCCN(Cc3cnc(Cl)c(C)n3)C2)cc(C)n1. The van der Waals surface area contributed by atoms with Gasteiger partial charge in [-0.25, -0.2) is 4.98 Å². The molecule has 1 saturated heterocycles. The molecule has 0 aromatic carbocycles. The van der Waals surface area contributed by atoms with Crippen LogP contribution in [0.15, 0.2) is 18.3 Å². The molecule has 1 fully saturated rings. The fourth-order valence-corrected chi connectivity index (χ4v) is 3.75. The number of aryl methyl sites for hydroxylation is 3. The Hall–Kier alpha value is -1.52. The smallest absolute Gasteiger partial charge is 0.150 e. The monoisotopic (exact) mass is 344 g/mol. The fourth-order valence-electron chi connectivity index (χ4n) is 3.65. The van der Waals surface area contributed by atoms with Crippen LogP contribution in [0.1, 0.15) is 41.2 Å². The van der Waals surface area contributed by atoms with Crippen molar-refractivity contribution in [1.82, 2.24) is 19.9 Å². The summed E-state index contributed by atoms with van der Waals surface area (Å²) in [5.74, 6) is 0.696. The van der Waals surface area contributed by atoms with Crippen molar-refractivity contribution in [2.45, 2.75) is 46.6 Å². The van der Waals surface area contributed by atoms with Crippen LogP contribution in [0.25, 0.3) is 0 Å². The molecule has 0 radical (unpaired) electrons. The predicted octanol–water partition coefficient (Wildman–Crippen LogP) is 3.90. The number of nitrogens with zero attached hydrogens (tertiary/aromatic N) is 4. The van der Waals surface area contributed by atoms with E-state index in [9.17, 15) is 0 Å². The molecule has 2 aromatic heterocycles. The molecular weight excluding hydrogens is 320 g/mol. The van der Waals surface area contributed by atoms with Gasteiger partial charge in [-0.3, -0.25) is 14.9 Å². The minimum atomic E-state index is 0.499. The molecule has 0 aliphatic carbocycles. The molecule has 4 nitrogen and oxygen atoms in total. The van der Waals surface area contributed by atoms with Gasteiger partial charge in [0.2, 0.25) is 0 Å². The van der Waals surface area contributed by atoms with E-state index in [4.69, 9.17) is 11.6 Å². The van der Waals surface area contributed by atoms with E-state index in [1.807, 2.05) is 6.92 Å². The zero-order valence-corrected chi connectivity index (χ0v) is 15.5. The van der Waals surface area contributed by atoms with Gasteiger partial charge in [-0.05, 0) is 70.2 Å². The van der Waals surface area contributed by atoms with Gasteiger partial charge in [-0.15, -0.1) is 0 Å². The third kappa shape index (κ3) is 4.52. The van der Waals surface area contributed by atoms with Crippen molar-refractivity contribution in [3.8, 4) is 0 Å². The summed E-state index contributed by atoms with van der Waals surface area (Å²) < 4.78 is 0. The van der Waals surface area contributed by atoms with E-state index in [2.05, 4.69) is 45.8 Å². The van der Waals surface area contributed by atoms with Crippen molar-refractivity contribution in [3.63, 3.8) is 0 Å². The quantitative estimate of drug-likeness (QED) is 0.843. The highest BCUT2D eigenvalue weighted by Gasteiger charge is 2.21. The average molecular weight is 345 g/mol. The lowest BCUT2D eigenvalue weighted by atomic mass is 9.91. The average Bonchev–Trinajstić information content (AvgIpc) is 2.50. The van der Waals surface area contributed by atoms with Gasteiger partial charge in [0.15, 0.2) is 0 Å². The van der Waals surface area contributed by atoms with E-state index in [1.165, 1.54) is 18.4 Å². The molecule has 0 bridgehead atoms. The topological polar surface area (TPSA) is 41.9 Å². The van der Waals surface area contributed by atoms with Crippen LogP contribution in [-0.2, 0) is 13.0 Å². The number of halogens is 1. The van der Waals surface area contributed by atoms with Crippen molar-refractivity contribution in [2.24, 2.45) is 5.92 Å². The Labute approximate surface area is 149 Å². The molecule has 1 atom stereocenters. The first kappa shape index (κ1) is 17.3. The zero-order chi connectivity index (χ0) is 17.1.